The molecule has 2 unspecified atom stereocenters. The van der Waals surface area contributed by atoms with Crippen molar-refractivity contribution in [3.8, 4) is 0 Å². The van der Waals surface area contributed by atoms with Crippen molar-refractivity contribution in [3.05, 3.63) is 11.7 Å². The van der Waals surface area contributed by atoms with E-state index in [1.807, 2.05) is 0 Å². The van der Waals surface area contributed by atoms with Crippen molar-refractivity contribution in [3.63, 3.8) is 0 Å². The molecule has 96 valence electrons. The maximum atomic E-state index is 9.27. The zero-order valence-electron chi connectivity index (χ0n) is 10.6. The second-order valence-corrected chi connectivity index (χ2v) is 4.86. The lowest BCUT2D eigenvalue weighted by molar-refractivity contribution is 0.108. The highest BCUT2D eigenvalue weighted by atomic mass is 16.5. The van der Waals surface area contributed by atoms with Gasteiger partial charge in [-0.25, -0.2) is 0 Å². The summed E-state index contributed by atoms with van der Waals surface area (Å²) in [5, 5.41) is 13.3. The molecule has 6 heteroatoms. The average Bonchev–Trinajstić information content (AvgIpc) is 2.69. The summed E-state index contributed by atoms with van der Waals surface area (Å²) in [7, 11) is 4.17. The first-order chi connectivity index (χ1) is 8.06. The normalized spacial score (nSPS) is 25.1. The van der Waals surface area contributed by atoms with Gasteiger partial charge in [-0.1, -0.05) is 5.16 Å². The van der Waals surface area contributed by atoms with Crippen LogP contribution in [0.5, 0.6) is 0 Å². The van der Waals surface area contributed by atoms with Gasteiger partial charge in [-0.3, -0.25) is 4.90 Å². The third-order valence-corrected chi connectivity index (χ3v) is 3.10. The maximum absolute atomic E-state index is 9.27. The van der Waals surface area contributed by atoms with Crippen LogP contribution in [0, 0.1) is 0 Å². The van der Waals surface area contributed by atoms with Crippen molar-refractivity contribution in [2.75, 3.05) is 33.7 Å². The molecule has 1 fully saturated rings. The molecular weight excluding hydrogens is 220 g/mol. The number of hydrogen-bond donors (Lipinski definition) is 1. The molecule has 2 heterocycles. The first-order valence-electron chi connectivity index (χ1n) is 5.95. The van der Waals surface area contributed by atoms with Crippen molar-refractivity contribution < 1.29 is 9.63 Å². The number of rotatable bonds is 3. The van der Waals surface area contributed by atoms with Gasteiger partial charge in [0.1, 0.15) is 0 Å². The molecule has 0 spiro atoms. The molecule has 0 aliphatic carbocycles. The molecule has 0 amide bonds. The van der Waals surface area contributed by atoms with Gasteiger partial charge in [0.05, 0.1) is 18.6 Å². The van der Waals surface area contributed by atoms with Crippen LogP contribution in [0.15, 0.2) is 4.52 Å². The molecule has 17 heavy (non-hydrogen) atoms. The van der Waals surface area contributed by atoms with E-state index in [1.54, 1.807) is 6.92 Å². The Hall–Kier alpha value is -0.980. The Bertz CT molecular complexity index is 366. The second kappa shape index (κ2) is 5.12. The largest absolute Gasteiger partial charge is 0.393 e. The van der Waals surface area contributed by atoms with Crippen LogP contribution in [-0.4, -0.2) is 64.9 Å². The number of hydrogen-bond acceptors (Lipinski definition) is 6. The Morgan fingerprint density at radius 1 is 1.47 bits per heavy atom. The van der Waals surface area contributed by atoms with Crippen LogP contribution in [-0.2, 0) is 6.42 Å². The Balaban J connectivity index is 2.07. The summed E-state index contributed by atoms with van der Waals surface area (Å²) < 4.78 is 5.15. The molecule has 1 aromatic rings. The van der Waals surface area contributed by atoms with Gasteiger partial charge >= 0.3 is 0 Å². The zero-order valence-corrected chi connectivity index (χ0v) is 10.6. The van der Waals surface area contributed by atoms with Crippen molar-refractivity contribution in [1.29, 1.82) is 0 Å². The average molecular weight is 240 g/mol. The minimum atomic E-state index is -0.449. The van der Waals surface area contributed by atoms with Gasteiger partial charge in [0.15, 0.2) is 5.82 Å². The minimum Gasteiger partial charge on any atom is -0.393 e. The molecule has 0 radical (unpaired) electrons. The zero-order chi connectivity index (χ0) is 12.4. The van der Waals surface area contributed by atoms with E-state index in [0.717, 1.165) is 25.5 Å². The Kier molecular flexibility index (Phi) is 3.76. The highest BCUT2D eigenvalue weighted by Crippen LogP contribution is 2.20. The molecule has 1 aromatic heterocycles. The van der Waals surface area contributed by atoms with E-state index < -0.39 is 6.10 Å². The van der Waals surface area contributed by atoms with Gasteiger partial charge in [0.25, 0.3) is 0 Å². The highest BCUT2D eigenvalue weighted by molar-refractivity contribution is 4.98. The number of aliphatic hydroxyl groups is 1. The molecule has 1 saturated heterocycles. The second-order valence-electron chi connectivity index (χ2n) is 4.86. The smallest absolute Gasteiger partial charge is 0.229 e. The Morgan fingerprint density at radius 2 is 2.24 bits per heavy atom. The summed E-state index contributed by atoms with van der Waals surface area (Å²) in [6.45, 7) is 4.68. The third-order valence-electron chi connectivity index (χ3n) is 3.10. The lowest BCUT2D eigenvalue weighted by atomic mass is 10.2. The molecule has 1 aliphatic heterocycles. The van der Waals surface area contributed by atoms with Crippen molar-refractivity contribution in [1.82, 2.24) is 19.9 Å². The topological polar surface area (TPSA) is 65.6 Å². The number of piperazine rings is 1. The summed E-state index contributed by atoms with van der Waals surface area (Å²) in [4.78, 5) is 8.85. The van der Waals surface area contributed by atoms with Crippen LogP contribution in [0.3, 0.4) is 0 Å². The molecule has 6 nitrogen and oxygen atoms in total. The van der Waals surface area contributed by atoms with Gasteiger partial charge in [-0.05, 0) is 21.0 Å². The summed E-state index contributed by atoms with van der Waals surface area (Å²) in [5.41, 5.74) is 0. The van der Waals surface area contributed by atoms with E-state index in [0.29, 0.717) is 12.3 Å². The van der Waals surface area contributed by atoms with Gasteiger partial charge in [0.2, 0.25) is 5.89 Å². The maximum Gasteiger partial charge on any atom is 0.229 e. The fourth-order valence-electron chi connectivity index (χ4n) is 2.03. The van der Waals surface area contributed by atoms with Crippen LogP contribution in [0.25, 0.3) is 0 Å². The van der Waals surface area contributed by atoms with Crippen molar-refractivity contribution in [2.24, 2.45) is 0 Å². The minimum absolute atomic E-state index is 0.181. The van der Waals surface area contributed by atoms with Crippen LogP contribution in [0.1, 0.15) is 24.7 Å². The Morgan fingerprint density at radius 3 is 2.94 bits per heavy atom. The van der Waals surface area contributed by atoms with Crippen LogP contribution in [0.4, 0.5) is 0 Å². The lowest BCUT2D eigenvalue weighted by Crippen LogP contribution is -2.45. The van der Waals surface area contributed by atoms with E-state index in [9.17, 15) is 5.11 Å². The van der Waals surface area contributed by atoms with Crippen molar-refractivity contribution >= 4 is 0 Å². The molecule has 2 atom stereocenters. The first kappa shape index (κ1) is 12.5. The van der Waals surface area contributed by atoms with E-state index in [4.69, 9.17) is 4.52 Å². The molecule has 0 bridgehead atoms. The summed E-state index contributed by atoms with van der Waals surface area (Å²) in [6, 6.07) is 0.181. The summed E-state index contributed by atoms with van der Waals surface area (Å²) in [6.07, 6.45) is -0.0331. The standard InChI is InChI=1S/C11H20N4O2/c1-8(16)6-10-12-11(13-17-10)9-7-14(2)4-5-15(9)3/h8-9,16H,4-7H2,1-3H3. The first-order valence-corrected chi connectivity index (χ1v) is 5.95. The van der Waals surface area contributed by atoms with Gasteiger partial charge in [0, 0.05) is 19.6 Å². The molecular formula is C11H20N4O2. The van der Waals surface area contributed by atoms with Crippen LogP contribution >= 0.6 is 0 Å². The molecule has 0 aromatic carbocycles. The van der Waals surface area contributed by atoms with Gasteiger partial charge in [-0.2, -0.15) is 4.98 Å². The monoisotopic (exact) mass is 240 g/mol. The summed E-state index contributed by atoms with van der Waals surface area (Å²) >= 11 is 0. The molecule has 2 rings (SSSR count). The fraction of sp³-hybridized carbons (Fsp3) is 0.818. The number of nitrogens with zero attached hydrogens (tertiary/aromatic N) is 4. The van der Waals surface area contributed by atoms with Crippen LogP contribution in [0.2, 0.25) is 0 Å². The van der Waals surface area contributed by atoms with E-state index >= 15 is 0 Å². The SMILES string of the molecule is CC(O)Cc1nc(C2CN(C)CCN2C)no1. The van der Waals surface area contributed by atoms with Crippen LogP contribution < -0.4 is 0 Å². The summed E-state index contributed by atoms with van der Waals surface area (Å²) in [5.74, 6) is 1.23. The number of aromatic nitrogens is 2. The molecule has 1 aliphatic rings. The number of likely N-dealkylation sites (N-methyl/N-ethyl adjacent to an activating group) is 2. The van der Waals surface area contributed by atoms with E-state index in [-0.39, 0.29) is 6.04 Å². The lowest BCUT2D eigenvalue weighted by Gasteiger charge is -2.35. The van der Waals surface area contributed by atoms with Gasteiger partial charge in [-0.15, -0.1) is 0 Å². The molecule has 0 saturated carbocycles. The fourth-order valence-corrected chi connectivity index (χ4v) is 2.03. The predicted molar refractivity (Wildman–Crippen MR) is 62.6 cm³/mol. The van der Waals surface area contributed by atoms with E-state index in [1.165, 1.54) is 0 Å². The number of aliphatic hydroxyl groups excluding tert-OH is 1. The predicted octanol–water partition coefficient (Wildman–Crippen LogP) is -0.0888. The van der Waals surface area contributed by atoms with Gasteiger partial charge < -0.3 is 14.5 Å². The quantitative estimate of drug-likeness (QED) is 0.796. The third kappa shape index (κ3) is 3.02. The van der Waals surface area contributed by atoms with E-state index in [2.05, 4.69) is 34.0 Å². The molecule has 1 N–H and O–H groups in total. The van der Waals surface area contributed by atoms with Crippen molar-refractivity contribution in [2.45, 2.75) is 25.5 Å². The highest BCUT2D eigenvalue weighted by Gasteiger charge is 2.27. The Labute approximate surface area is 101 Å².